The van der Waals surface area contributed by atoms with E-state index in [9.17, 15) is 27.2 Å². The Morgan fingerprint density at radius 1 is 1.03 bits per heavy atom. The molecule has 0 bridgehead atoms. The van der Waals surface area contributed by atoms with Gasteiger partial charge in [-0.2, -0.15) is 13.2 Å². The van der Waals surface area contributed by atoms with Gasteiger partial charge in [0.15, 0.2) is 0 Å². The number of nitrogens with one attached hydrogen (secondary N) is 2. The van der Waals surface area contributed by atoms with Crippen LogP contribution < -0.4 is 10.6 Å². The number of hydrogen-bond donors (Lipinski definition) is 2. The highest BCUT2D eigenvalue weighted by Crippen LogP contribution is 2.65. The highest BCUT2D eigenvalue weighted by molar-refractivity contribution is 6.53. The van der Waals surface area contributed by atoms with Crippen LogP contribution in [-0.4, -0.2) is 28.9 Å². The van der Waals surface area contributed by atoms with Gasteiger partial charge in [-0.1, -0.05) is 40.9 Å². The molecule has 1 fully saturated rings. The van der Waals surface area contributed by atoms with E-state index in [1.165, 1.54) is 24.3 Å². The lowest BCUT2D eigenvalue weighted by Gasteiger charge is -2.14. The maximum Gasteiger partial charge on any atom is 0.405 e. The normalized spacial score (nSPS) is 19.4. The van der Waals surface area contributed by atoms with Crippen molar-refractivity contribution >= 4 is 75.5 Å². The van der Waals surface area contributed by atoms with Gasteiger partial charge in [0.1, 0.15) is 16.7 Å². The second-order valence-corrected chi connectivity index (χ2v) is 9.51. The number of halogens is 9. The van der Waals surface area contributed by atoms with Gasteiger partial charge in [0.2, 0.25) is 5.91 Å². The maximum atomic E-state index is 13.4. The smallest absolute Gasteiger partial charge is 0.343 e. The predicted octanol–water partition coefficient (Wildman–Crippen LogP) is 6.60. The van der Waals surface area contributed by atoms with Gasteiger partial charge in [-0.3, -0.25) is 9.59 Å². The first-order valence-electron chi connectivity index (χ1n) is 8.70. The second-order valence-electron chi connectivity index (χ2n) is 6.87. The van der Waals surface area contributed by atoms with E-state index < -0.39 is 52.1 Å². The number of carbonyl (C=O) groups excluding carboxylic acids is 2. The summed E-state index contributed by atoms with van der Waals surface area (Å²) in [5, 5.41) is 3.33. The minimum atomic E-state index is -4.64. The van der Waals surface area contributed by atoms with E-state index in [0.717, 1.165) is 6.07 Å². The molecule has 2 aromatic rings. The standard InChI is InChI=1S/C19H11Cl5F4N2O2/c20-8-2-4-11(15(22)12(8)16(31)29-6-18(26,27)28)30-17(32)14-13(19(14,23)24)7-1-3-10(25)9(21)5-7/h1-5,13-14H,6H2,(H,29,31)(H,30,32)/t13-,14+/m0/s1. The Kier molecular flexibility index (Phi) is 7.13. The summed E-state index contributed by atoms with van der Waals surface area (Å²) in [5.74, 6) is -4.23. The van der Waals surface area contributed by atoms with Crippen molar-refractivity contribution < 1.29 is 27.2 Å². The van der Waals surface area contributed by atoms with Crippen LogP contribution in [-0.2, 0) is 4.79 Å². The average Bonchev–Trinajstić information content (AvgIpc) is 3.26. The van der Waals surface area contributed by atoms with E-state index in [2.05, 4.69) is 5.32 Å². The molecule has 13 heteroatoms. The number of anilines is 1. The summed E-state index contributed by atoms with van der Waals surface area (Å²) in [6.45, 7) is -1.60. The van der Waals surface area contributed by atoms with Gasteiger partial charge < -0.3 is 10.6 Å². The first kappa shape index (κ1) is 25.2. The van der Waals surface area contributed by atoms with Gasteiger partial charge in [-0.15, -0.1) is 23.2 Å². The summed E-state index contributed by atoms with van der Waals surface area (Å²) < 4.78 is 49.0. The molecule has 0 saturated heterocycles. The highest BCUT2D eigenvalue weighted by atomic mass is 35.5. The van der Waals surface area contributed by atoms with E-state index in [4.69, 9.17) is 58.0 Å². The molecule has 1 aliphatic rings. The molecule has 1 aliphatic carbocycles. The lowest BCUT2D eigenvalue weighted by atomic mass is 10.1. The van der Waals surface area contributed by atoms with Gasteiger partial charge in [-0.05, 0) is 29.8 Å². The summed E-state index contributed by atoms with van der Waals surface area (Å²) in [6.07, 6.45) is -4.64. The molecule has 0 unspecified atom stereocenters. The molecule has 0 heterocycles. The molecule has 2 amide bonds. The molecule has 1 saturated carbocycles. The molecule has 172 valence electrons. The summed E-state index contributed by atoms with van der Waals surface area (Å²) >= 11 is 30.3. The van der Waals surface area contributed by atoms with Crippen molar-refractivity contribution in [1.29, 1.82) is 0 Å². The molecule has 0 radical (unpaired) electrons. The zero-order chi connectivity index (χ0) is 24.0. The van der Waals surface area contributed by atoms with Crippen LogP contribution in [0.3, 0.4) is 0 Å². The summed E-state index contributed by atoms with van der Waals surface area (Å²) in [7, 11) is 0. The Balaban J connectivity index is 1.81. The van der Waals surface area contributed by atoms with Crippen molar-refractivity contribution in [3.05, 3.63) is 62.3 Å². The SMILES string of the molecule is O=C(NCC(F)(F)F)c1c(Cl)ccc(NC(=O)[C@H]2[C@H](c3ccc(F)c(Cl)c3)C2(Cl)Cl)c1Cl. The van der Waals surface area contributed by atoms with Crippen molar-refractivity contribution in [2.75, 3.05) is 11.9 Å². The van der Waals surface area contributed by atoms with Crippen molar-refractivity contribution in [3.63, 3.8) is 0 Å². The molecule has 2 N–H and O–H groups in total. The Morgan fingerprint density at radius 3 is 2.28 bits per heavy atom. The predicted molar refractivity (Wildman–Crippen MR) is 116 cm³/mol. The molecular weight excluding hydrogens is 541 g/mol. The van der Waals surface area contributed by atoms with Crippen LogP contribution in [0.4, 0.5) is 23.2 Å². The zero-order valence-electron chi connectivity index (χ0n) is 15.5. The van der Waals surface area contributed by atoms with Gasteiger partial charge in [-0.25, -0.2) is 4.39 Å². The molecule has 0 aliphatic heterocycles. The van der Waals surface area contributed by atoms with E-state index in [-0.39, 0.29) is 20.8 Å². The van der Waals surface area contributed by atoms with Crippen LogP contribution in [0.5, 0.6) is 0 Å². The average molecular weight is 553 g/mol. The van der Waals surface area contributed by atoms with Crippen LogP contribution >= 0.6 is 58.0 Å². The van der Waals surface area contributed by atoms with Crippen LogP contribution in [0.15, 0.2) is 30.3 Å². The van der Waals surface area contributed by atoms with Gasteiger partial charge >= 0.3 is 6.18 Å². The summed E-state index contributed by atoms with van der Waals surface area (Å²) in [5.41, 5.74) is -0.114. The van der Waals surface area contributed by atoms with E-state index in [0.29, 0.717) is 5.56 Å². The molecule has 2 aromatic carbocycles. The van der Waals surface area contributed by atoms with Crippen LogP contribution in [0.2, 0.25) is 15.1 Å². The monoisotopic (exact) mass is 550 g/mol. The first-order chi connectivity index (χ1) is 14.7. The van der Waals surface area contributed by atoms with Crippen molar-refractivity contribution in [3.8, 4) is 0 Å². The lowest BCUT2D eigenvalue weighted by molar-refractivity contribution is -0.123. The van der Waals surface area contributed by atoms with Crippen LogP contribution in [0.1, 0.15) is 21.8 Å². The van der Waals surface area contributed by atoms with Crippen molar-refractivity contribution in [2.24, 2.45) is 5.92 Å². The Morgan fingerprint density at radius 2 is 1.69 bits per heavy atom. The van der Waals surface area contributed by atoms with E-state index in [1.54, 1.807) is 5.32 Å². The molecule has 0 aromatic heterocycles. The number of carbonyl (C=O) groups is 2. The van der Waals surface area contributed by atoms with Gasteiger partial charge in [0.05, 0.1) is 32.2 Å². The number of rotatable bonds is 5. The topological polar surface area (TPSA) is 58.2 Å². The molecule has 3 rings (SSSR count). The maximum absolute atomic E-state index is 13.4. The van der Waals surface area contributed by atoms with E-state index in [1.807, 2.05) is 0 Å². The zero-order valence-corrected chi connectivity index (χ0v) is 19.2. The fourth-order valence-electron chi connectivity index (χ4n) is 3.11. The van der Waals surface area contributed by atoms with Crippen LogP contribution in [0, 0.1) is 11.7 Å². The van der Waals surface area contributed by atoms with Crippen molar-refractivity contribution in [2.45, 2.75) is 16.4 Å². The molecular formula is C19H11Cl5F4N2O2. The number of hydrogen-bond acceptors (Lipinski definition) is 2. The second kappa shape index (κ2) is 9.06. The minimum absolute atomic E-state index is 0.0925. The largest absolute Gasteiger partial charge is 0.405 e. The van der Waals surface area contributed by atoms with Gasteiger partial charge in [0, 0.05) is 5.92 Å². The summed E-state index contributed by atoms with van der Waals surface area (Å²) in [4.78, 5) is 24.9. The van der Waals surface area contributed by atoms with E-state index >= 15 is 0 Å². The minimum Gasteiger partial charge on any atom is -0.343 e. The third-order valence-electron chi connectivity index (χ3n) is 4.66. The number of benzene rings is 2. The third-order valence-corrected chi connectivity index (χ3v) is 6.60. The molecule has 0 spiro atoms. The Labute approximate surface area is 204 Å². The Bertz CT molecular complexity index is 1090. The Hall–Kier alpha value is -1.45. The number of alkyl halides is 5. The molecule has 32 heavy (non-hydrogen) atoms. The summed E-state index contributed by atoms with van der Waals surface area (Å²) in [6, 6.07) is 6.24. The van der Waals surface area contributed by atoms with Gasteiger partial charge in [0.25, 0.3) is 5.91 Å². The fourth-order valence-corrected chi connectivity index (χ4v) is 4.72. The fraction of sp³-hybridized carbons (Fsp3) is 0.263. The first-order valence-corrected chi connectivity index (χ1v) is 10.6. The highest BCUT2D eigenvalue weighted by Gasteiger charge is 2.67. The molecule has 2 atom stereocenters. The lowest BCUT2D eigenvalue weighted by Crippen LogP contribution is -2.34. The molecule has 4 nitrogen and oxygen atoms in total. The quantitative estimate of drug-likeness (QED) is 0.324. The third kappa shape index (κ3) is 5.20. The van der Waals surface area contributed by atoms with Crippen molar-refractivity contribution in [1.82, 2.24) is 5.32 Å². The number of amides is 2. The van der Waals surface area contributed by atoms with Crippen LogP contribution in [0.25, 0.3) is 0 Å².